The molecule has 2 rings (SSSR count). The number of carbonyl (C=O) groups is 2. The number of nitrogens with zero attached hydrogens (tertiary/aromatic N) is 2. The molecule has 8 nitrogen and oxygen atoms in total. The molecule has 0 unspecified atom stereocenters. The van der Waals surface area contributed by atoms with Crippen LogP contribution in [0.15, 0.2) is 24.3 Å². The fourth-order valence-corrected chi connectivity index (χ4v) is 2.61. The average Bonchev–Trinajstić information content (AvgIpc) is 2.60. The van der Waals surface area contributed by atoms with Crippen molar-refractivity contribution in [1.82, 2.24) is 10.2 Å². The Bertz CT molecular complexity index is 594. The van der Waals surface area contributed by atoms with E-state index in [0.29, 0.717) is 38.2 Å². The number of benzene rings is 1. The lowest BCUT2D eigenvalue weighted by molar-refractivity contribution is -0.384. The predicted octanol–water partition coefficient (Wildman–Crippen LogP) is 1.35. The quantitative estimate of drug-likeness (QED) is 0.624. The molecule has 1 fully saturated rings. The van der Waals surface area contributed by atoms with Crippen molar-refractivity contribution in [3.63, 3.8) is 0 Å². The molecule has 0 atom stereocenters. The summed E-state index contributed by atoms with van der Waals surface area (Å²) >= 11 is 0. The third-order valence-electron chi connectivity index (χ3n) is 3.98. The summed E-state index contributed by atoms with van der Waals surface area (Å²) in [4.78, 5) is 35.7. The Balaban J connectivity index is 1.77. The molecule has 0 spiro atoms. The Morgan fingerprint density at radius 2 is 1.92 bits per heavy atom. The van der Waals surface area contributed by atoms with E-state index >= 15 is 0 Å². The molecule has 1 heterocycles. The van der Waals surface area contributed by atoms with Crippen molar-refractivity contribution >= 4 is 17.5 Å². The summed E-state index contributed by atoms with van der Waals surface area (Å²) in [6.07, 6.45) is 1.30. The summed E-state index contributed by atoms with van der Waals surface area (Å²) in [5, 5.41) is 13.4. The second-order valence-corrected chi connectivity index (χ2v) is 5.59. The number of hydrogen-bond donors (Lipinski definition) is 1. The zero-order valence-corrected chi connectivity index (χ0v) is 13.6. The maximum absolute atomic E-state index is 12.1. The van der Waals surface area contributed by atoms with E-state index in [1.54, 1.807) is 4.90 Å². The van der Waals surface area contributed by atoms with Gasteiger partial charge in [0.15, 0.2) is 6.61 Å². The molecule has 1 aromatic carbocycles. The van der Waals surface area contributed by atoms with Crippen LogP contribution < -0.4 is 10.1 Å². The van der Waals surface area contributed by atoms with Gasteiger partial charge in [0.1, 0.15) is 5.75 Å². The number of rotatable bonds is 6. The highest BCUT2D eigenvalue weighted by atomic mass is 16.6. The number of hydrogen-bond acceptors (Lipinski definition) is 5. The highest BCUT2D eigenvalue weighted by Crippen LogP contribution is 2.19. The molecule has 1 saturated heterocycles. The van der Waals surface area contributed by atoms with Gasteiger partial charge >= 0.3 is 0 Å². The third kappa shape index (κ3) is 4.68. The van der Waals surface area contributed by atoms with Crippen LogP contribution in [-0.4, -0.2) is 47.9 Å². The number of nitrogens with one attached hydrogen (secondary N) is 1. The van der Waals surface area contributed by atoms with Crippen LogP contribution >= 0.6 is 0 Å². The molecule has 0 aliphatic carbocycles. The highest BCUT2D eigenvalue weighted by molar-refractivity contribution is 5.80. The molecule has 2 amide bonds. The summed E-state index contributed by atoms with van der Waals surface area (Å²) in [5.41, 5.74) is -0.0268. The smallest absolute Gasteiger partial charge is 0.269 e. The molecule has 130 valence electrons. The standard InChI is InChI=1S/C16H21N3O5/c1-2-17-16(21)12-7-9-18(10-8-12)15(20)11-24-14-5-3-13(4-6-14)19(22)23/h3-6,12H,2,7-11H2,1H3,(H,17,21). The van der Waals surface area contributed by atoms with Crippen molar-refractivity contribution in [1.29, 1.82) is 0 Å². The van der Waals surface area contributed by atoms with Crippen molar-refractivity contribution in [2.75, 3.05) is 26.2 Å². The number of nitro groups is 1. The van der Waals surface area contributed by atoms with E-state index < -0.39 is 4.92 Å². The lowest BCUT2D eigenvalue weighted by Crippen LogP contribution is -2.44. The first-order valence-corrected chi connectivity index (χ1v) is 7.94. The van der Waals surface area contributed by atoms with Crippen molar-refractivity contribution in [2.45, 2.75) is 19.8 Å². The molecule has 1 aliphatic heterocycles. The Kier molecular flexibility index (Phi) is 6.11. The van der Waals surface area contributed by atoms with Gasteiger partial charge < -0.3 is 15.0 Å². The molecule has 1 N–H and O–H groups in total. The van der Waals surface area contributed by atoms with Crippen molar-refractivity contribution < 1.29 is 19.2 Å². The number of ether oxygens (including phenoxy) is 1. The van der Waals surface area contributed by atoms with Gasteiger partial charge in [-0.15, -0.1) is 0 Å². The lowest BCUT2D eigenvalue weighted by atomic mass is 9.96. The van der Waals surface area contributed by atoms with Gasteiger partial charge in [0.25, 0.3) is 11.6 Å². The molecule has 0 radical (unpaired) electrons. The van der Waals surface area contributed by atoms with E-state index in [2.05, 4.69) is 5.32 Å². The number of nitro benzene ring substituents is 1. The summed E-state index contributed by atoms with van der Waals surface area (Å²) in [5.74, 6) is 0.269. The minimum atomic E-state index is -0.492. The van der Waals surface area contributed by atoms with E-state index in [9.17, 15) is 19.7 Å². The van der Waals surface area contributed by atoms with Crippen LogP contribution in [0.3, 0.4) is 0 Å². The number of non-ortho nitro benzene ring substituents is 1. The minimum absolute atomic E-state index is 0.0268. The first kappa shape index (κ1) is 17.7. The lowest BCUT2D eigenvalue weighted by Gasteiger charge is -2.31. The molecule has 8 heteroatoms. The second kappa shape index (κ2) is 8.28. The normalized spacial score (nSPS) is 15.0. The van der Waals surface area contributed by atoms with Crippen LogP contribution in [-0.2, 0) is 9.59 Å². The van der Waals surface area contributed by atoms with Crippen molar-refractivity contribution in [2.24, 2.45) is 5.92 Å². The maximum Gasteiger partial charge on any atom is 0.269 e. The molecular formula is C16H21N3O5. The zero-order chi connectivity index (χ0) is 17.5. The van der Waals surface area contributed by atoms with E-state index in [4.69, 9.17) is 4.74 Å². The molecule has 0 aromatic heterocycles. The SMILES string of the molecule is CCNC(=O)C1CCN(C(=O)COc2ccc([N+](=O)[O-])cc2)CC1. The Morgan fingerprint density at radius 1 is 1.29 bits per heavy atom. The fourth-order valence-electron chi connectivity index (χ4n) is 2.61. The largest absolute Gasteiger partial charge is 0.484 e. The van der Waals surface area contributed by atoms with Crippen LogP contribution in [0.1, 0.15) is 19.8 Å². The molecule has 1 aromatic rings. The van der Waals surface area contributed by atoms with Gasteiger partial charge in [-0.2, -0.15) is 0 Å². The van der Waals surface area contributed by atoms with E-state index in [1.807, 2.05) is 6.92 Å². The summed E-state index contributed by atoms with van der Waals surface area (Å²) in [6, 6.07) is 5.59. The van der Waals surface area contributed by atoms with E-state index in [1.165, 1.54) is 24.3 Å². The van der Waals surface area contributed by atoms with Crippen LogP contribution in [0.5, 0.6) is 5.75 Å². The number of amides is 2. The number of likely N-dealkylation sites (tertiary alicyclic amines) is 1. The molecule has 0 bridgehead atoms. The van der Waals surface area contributed by atoms with Gasteiger partial charge in [-0.25, -0.2) is 0 Å². The van der Waals surface area contributed by atoms with Crippen LogP contribution in [0.4, 0.5) is 5.69 Å². The van der Waals surface area contributed by atoms with Crippen LogP contribution in [0.2, 0.25) is 0 Å². The van der Waals surface area contributed by atoms with Gasteiger partial charge in [-0.1, -0.05) is 0 Å². The first-order chi connectivity index (χ1) is 11.5. The molecular weight excluding hydrogens is 314 g/mol. The van der Waals surface area contributed by atoms with Crippen molar-refractivity contribution in [3.05, 3.63) is 34.4 Å². The highest BCUT2D eigenvalue weighted by Gasteiger charge is 2.27. The predicted molar refractivity (Wildman–Crippen MR) is 86.6 cm³/mol. The number of piperidine rings is 1. The van der Waals surface area contributed by atoms with E-state index in [0.717, 1.165) is 0 Å². The van der Waals surface area contributed by atoms with Gasteiger partial charge in [-0.05, 0) is 31.9 Å². The molecule has 24 heavy (non-hydrogen) atoms. The van der Waals surface area contributed by atoms with Gasteiger partial charge in [0, 0.05) is 37.7 Å². The zero-order valence-electron chi connectivity index (χ0n) is 13.6. The summed E-state index contributed by atoms with van der Waals surface area (Å²) < 4.78 is 5.38. The topological polar surface area (TPSA) is 102 Å². The molecule has 1 aliphatic rings. The van der Waals surface area contributed by atoms with Crippen LogP contribution in [0, 0.1) is 16.0 Å². The first-order valence-electron chi connectivity index (χ1n) is 7.94. The maximum atomic E-state index is 12.1. The Labute approximate surface area is 139 Å². The van der Waals surface area contributed by atoms with Gasteiger partial charge in [0.05, 0.1) is 4.92 Å². The fraction of sp³-hybridized carbons (Fsp3) is 0.500. The molecule has 0 saturated carbocycles. The third-order valence-corrected chi connectivity index (χ3v) is 3.98. The monoisotopic (exact) mass is 335 g/mol. The second-order valence-electron chi connectivity index (χ2n) is 5.59. The van der Waals surface area contributed by atoms with Gasteiger partial charge in [-0.3, -0.25) is 19.7 Å². The Hall–Kier alpha value is -2.64. The summed E-state index contributed by atoms with van der Waals surface area (Å²) in [6.45, 7) is 3.44. The van der Waals surface area contributed by atoms with Crippen LogP contribution in [0.25, 0.3) is 0 Å². The van der Waals surface area contributed by atoms with Crippen molar-refractivity contribution in [3.8, 4) is 5.75 Å². The average molecular weight is 335 g/mol. The Morgan fingerprint density at radius 3 is 2.46 bits per heavy atom. The van der Waals surface area contributed by atoms with E-state index in [-0.39, 0.29) is 30.0 Å². The van der Waals surface area contributed by atoms with Gasteiger partial charge in [0.2, 0.25) is 5.91 Å². The minimum Gasteiger partial charge on any atom is -0.484 e. The number of carbonyl (C=O) groups excluding carboxylic acids is 2. The summed E-state index contributed by atoms with van der Waals surface area (Å²) in [7, 11) is 0.